The zero-order valence-corrected chi connectivity index (χ0v) is 16.1. The van der Waals surface area contributed by atoms with Crippen molar-refractivity contribution in [2.75, 3.05) is 11.4 Å². The Morgan fingerprint density at radius 1 is 1.27 bits per heavy atom. The Balaban J connectivity index is 1.66. The van der Waals surface area contributed by atoms with Gasteiger partial charge < -0.3 is 4.98 Å². The van der Waals surface area contributed by atoms with Crippen molar-refractivity contribution in [1.82, 2.24) is 24.7 Å². The van der Waals surface area contributed by atoms with Gasteiger partial charge in [0.05, 0.1) is 12.2 Å². The van der Waals surface area contributed by atoms with Crippen LogP contribution in [-0.2, 0) is 13.0 Å². The van der Waals surface area contributed by atoms with Crippen LogP contribution in [0.2, 0.25) is 0 Å². The highest BCUT2D eigenvalue weighted by molar-refractivity contribution is 9.10. The Labute approximate surface area is 159 Å². The van der Waals surface area contributed by atoms with E-state index < -0.39 is 0 Å². The highest BCUT2D eigenvalue weighted by atomic mass is 79.9. The summed E-state index contributed by atoms with van der Waals surface area (Å²) >= 11 is 3.43. The number of fused-ring (bicyclic) bond motifs is 2. The van der Waals surface area contributed by atoms with Gasteiger partial charge in [0.1, 0.15) is 11.6 Å². The maximum Gasteiger partial charge on any atom is 0.233 e. The summed E-state index contributed by atoms with van der Waals surface area (Å²) in [4.78, 5) is 9.97. The Kier molecular flexibility index (Phi) is 4.76. The van der Waals surface area contributed by atoms with E-state index in [1.54, 1.807) is 12.1 Å². The number of nitrogens with one attached hydrogen (secondary N) is 1. The van der Waals surface area contributed by atoms with E-state index in [1.807, 2.05) is 6.07 Å². The molecule has 2 aromatic heterocycles. The van der Waals surface area contributed by atoms with E-state index in [2.05, 4.69) is 52.5 Å². The van der Waals surface area contributed by atoms with Crippen molar-refractivity contribution in [3.05, 3.63) is 51.9 Å². The molecule has 8 heteroatoms. The summed E-state index contributed by atoms with van der Waals surface area (Å²) in [6.07, 6.45) is 3.91. The van der Waals surface area contributed by atoms with Crippen LogP contribution in [0, 0.1) is 5.82 Å². The van der Waals surface area contributed by atoms with Gasteiger partial charge in [-0.05, 0) is 40.0 Å². The maximum absolute atomic E-state index is 13.5. The molecule has 26 heavy (non-hydrogen) atoms. The number of unbranched alkanes of at least 4 members (excludes halogenated alkanes) is 2. The van der Waals surface area contributed by atoms with Gasteiger partial charge >= 0.3 is 0 Å². The number of aromatic amines is 1. The predicted molar refractivity (Wildman–Crippen MR) is 101 cm³/mol. The van der Waals surface area contributed by atoms with Gasteiger partial charge in [-0.15, -0.1) is 10.2 Å². The molecule has 1 aliphatic heterocycles. The number of H-pyrrole nitrogens is 1. The molecule has 136 valence electrons. The average molecular weight is 419 g/mol. The molecule has 4 rings (SSSR count). The largest absolute Gasteiger partial charge is 0.333 e. The second-order valence-corrected chi connectivity index (χ2v) is 7.25. The third-order valence-electron chi connectivity index (χ3n) is 4.59. The Hall–Kier alpha value is -2.22. The van der Waals surface area contributed by atoms with E-state index in [-0.39, 0.29) is 5.82 Å². The minimum Gasteiger partial charge on any atom is -0.333 e. The van der Waals surface area contributed by atoms with Crippen LogP contribution in [0.5, 0.6) is 0 Å². The number of halogens is 2. The fourth-order valence-electron chi connectivity index (χ4n) is 3.33. The molecule has 3 aromatic rings. The number of rotatable bonds is 6. The number of anilines is 2. The molecular weight excluding hydrogens is 399 g/mol. The van der Waals surface area contributed by atoms with Crippen LogP contribution in [0.4, 0.5) is 16.2 Å². The number of imidazole rings is 1. The first kappa shape index (κ1) is 17.2. The van der Waals surface area contributed by atoms with Gasteiger partial charge in [-0.25, -0.2) is 9.37 Å². The normalized spacial score (nSPS) is 13.0. The molecule has 1 N–H and O–H groups in total. The zero-order chi connectivity index (χ0) is 18.1. The SMILES string of the molecule is CCCCCN1c2nc(Br)[nH]c2Cn2c(Cc3cccc(F)c3)nnc21. The van der Waals surface area contributed by atoms with E-state index >= 15 is 0 Å². The predicted octanol–water partition coefficient (Wildman–Crippen LogP) is 4.18. The van der Waals surface area contributed by atoms with E-state index in [9.17, 15) is 4.39 Å². The summed E-state index contributed by atoms with van der Waals surface area (Å²) < 4.78 is 16.3. The Bertz CT molecular complexity index is 918. The van der Waals surface area contributed by atoms with Crippen LogP contribution < -0.4 is 4.90 Å². The van der Waals surface area contributed by atoms with Crippen LogP contribution in [0.25, 0.3) is 0 Å². The average Bonchev–Trinajstić information content (AvgIpc) is 3.17. The molecule has 1 aromatic carbocycles. The summed E-state index contributed by atoms with van der Waals surface area (Å²) in [7, 11) is 0. The molecule has 3 heterocycles. The van der Waals surface area contributed by atoms with Crippen molar-refractivity contribution in [2.24, 2.45) is 0 Å². The van der Waals surface area contributed by atoms with E-state index in [1.165, 1.54) is 6.07 Å². The van der Waals surface area contributed by atoms with Gasteiger partial charge in [0.25, 0.3) is 0 Å². The molecule has 0 spiro atoms. The van der Waals surface area contributed by atoms with Crippen molar-refractivity contribution in [3.8, 4) is 0 Å². The number of hydrogen-bond donors (Lipinski definition) is 1. The molecule has 0 radical (unpaired) electrons. The first-order chi connectivity index (χ1) is 12.7. The standard InChI is InChI=1S/C18H20BrFN6/c1-2-3-4-8-25-16-14(21-17(19)22-16)11-26-15(23-24-18(25)26)10-12-6-5-7-13(20)9-12/h5-7,9H,2-4,8,10-11H2,1H3,(H,21,22). The quantitative estimate of drug-likeness (QED) is 0.609. The summed E-state index contributed by atoms with van der Waals surface area (Å²) in [5, 5.41) is 8.80. The summed E-state index contributed by atoms with van der Waals surface area (Å²) in [6.45, 7) is 3.66. The minimum absolute atomic E-state index is 0.234. The molecule has 0 atom stereocenters. The Morgan fingerprint density at radius 2 is 2.15 bits per heavy atom. The third kappa shape index (κ3) is 3.25. The lowest BCUT2D eigenvalue weighted by atomic mass is 10.1. The van der Waals surface area contributed by atoms with Crippen molar-refractivity contribution >= 4 is 27.7 Å². The van der Waals surface area contributed by atoms with Crippen molar-refractivity contribution < 1.29 is 4.39 Å². The summed E-state index contributed by atoms with van der Waals surface area (Å²) in [5.74, 6) is 2.30. The molecule has 6 nitrogen and oxygen atoms in total. The van der Waals surface area contributed by atoms with Crippen LogP contribution in [0.3, 0.4) is 0 Å². The molecule has 0 saturated heterocycles. The molecule has 0 bridgehead atoms. The van der Waals surface area contributed by atoms with Crippen LogP contribution in [0.15, 0.2) is 29.0 Å². The molecule has 0 aliphatic carbocycles. The molecule has 0 amide bonds. The van der Waals surface area contributed by atoms with E-state index in [4.69, 9.17) is 0 Å². The number of hydrogen-bond acceptors (Lipinski definition) is 4. The minimum atomic E-state index is -0.234. The second-order valence-electron chi connectivity index (χ2n) is 6.50. The number of nitrogens with zero attached hydrogens (tertiary/aromatic N) is 5. The van der Waals surface area contributed by atoms with Crippen LogP contribution in [-0.4, -0.2) is 31.3 Å². The van der Waals surface area contributed by atoms with Gasteiger partial charge in [0, 0.05) is 13.0 Å². The number of benzene rings is 1. The van der Waals surface area contributed by atoms with Gasteiger partial charge in [-0.1, -0.05) is 31.9 Å². The van der Waals surface area contributed by atoms with Crippen molar-refractivity contribution in [3.63, 3.8) is 0 Å². The van der Waals surface area contributed by atoms with Gasteiger partial charge in [0.15, 0.2) is 10.6 Å². The van der Waals surface area contributed by atoms with Crippen molar-refractivity contribution in [2.45, 2.75) is 39.2 Å². The first-order valence-corrected chi connectivity index (χ1v) is 9.63. The highest BCUT2D eigenvalue weighted by Gasteiger charge is 2.29. The fourth-order valence-corrected chi connectivity index (χ4v) is 3.74. The van der Waals surface area contributed by atoms with E-state index in [0.717, 1.165) is 54.7 Å². The van der Waals surface area contributed by atoms with Gasteiger partial charge in [-0.2, -0.15) is 0 Å². The lowest BCUT2D eigenvalue weighted by molar-refractivity contribution is 0.624. The topological polar surface area (TPSA) is 62.6 Å². The molecule has 0 unspecified atom stereocenters. The van der Waals surface area contributed by atoms with Crippen molar-refractivity contribution in [1.29, 1.82) is 0 Å². The zero-order valence-electron chi connectivity index (χ0n) is 14.5. The molecule has 0 fully saturated rings. The maximum atomic E-state index is 13.5. The lowest BCUT2D eigenvalue weighted by Crippen LogP contribution is -2.28. The first-order valence-electron chi connectivity index (χ1n) is 8.84. The molecule has 0 saturated carbocycles. The fraction of sp³-hybridized carbons (Fsp3) is 0.389. The summed E-state index contributed by atoms with van der Waals surface area (Å²) in [6, 6.07) is 6.62. The number of aromatic nitrogens is 5. The Morgan fingerprint density at radius 3 is 2.96 bits per heavy atom. The highest BCUT2D eigenvalue weighted by Crippen LogP contribution is 2.34. The lowest BCUT2D eigenvalue weighted by Gasteiger charge is -2.27. The van der Waals surface area contributed by atoms with Gasteiger partial charge in [-0.3, -0.25) is 9.47 Å². The second kappa shape index (κ2) is 7.19. The van der Waals surface area contributed by atoms with Crippen LogP contribution in [0.1, 0.15) is 43.3 Å². The monoisotopic (exact) mass is 418 g/mol. The van der Waals surface area contributed by atoms with Gasteiger partial charge in [0.2, 0.25) is 5.95 Å². The smallest absolute Gasteiger partial charge is 0.233 e. The third-order valence-corrected chi connectivity index (χ3v) is 4.96. The molecule has 1 aliphatic rings. The van der Waals surface area contributed by atoms with Crippen LogP contribution >= 0.6 is 15.9 Å². The molecular formula is C18H20BrFN6. The summed E-state index contributed by atoms with van der Waals surface area (Å²) in [5.41, 5.74) is 1.91. The van der Waals surface area contributed by atoms with E-state index in [0.29, 0.717) is 17.7 Å².